The monoisotopic (exact) mass is 366 g/mol. The molecule has 0 saturated carbocycles. The number of hydrogen-bond acceptors (Lipinski definition) is 6. The summed E-state index contributed by atoms with van der Waals surface area (Å²) in [5, 5.41) is 3.04. The SMILES string of the molecule is COc1cc(C(=O)NCC(C(C)C)N2CCOCC2)cc(OC)c1OC. The van der Waals surface area contributed by atoms with Crippen molar-refractivity contribution in [2.45, 2.75) is 19.9 Å². The van der Waals surface area contributed by atoms with Crippen molar-refractivity contribution in [1.29, 1.82) is 0 Å². The van der Waals surface area contributed by atoms with Crippen LogP contribution in [0.1, 0.15) is 24.2 Å². The summed E-state index contributed by atoms with van der Waals surface area (Å²) in [7, 11) is 4.61. The fourth-order valence-electron chi connectivity index (χ4n) is 3.21. The molecule has 7 nitrogen and oxygen atoms in total. The van der Waals surface area contributed by atoms with Crippen molar-refractivity contribution < 1.29 is 23.7 Å². The fraction of sp³-hybridized carbons (Fsp3) is 0.632. The molecule has 1 N–H and O–H groups in total. The first-order valence-electron chi connectivity index (χ1n) is 8.91. The second-order valence-electron chi connectivity index (χ2n) is 6.58. The van der Waals surface area contributed by atoms with Crippen molar-refractivity contribution in [3.63, 3.8) is 0 Å². The maximum absolute atomic E-state index is 12.7. The van der Waals surface area contributed by atoms with Gasteiger partial charge in [0.05, 0.1) is 34.5 Å². The van der Waals surface area contributed by atoms with Crippen molar-refractivity contribution in [2.24, 2.45) is 5.92 Å². The van der Waals surface area contributed by atoms with Crippen LogP contribution in [0.3, 0.4) is 0 Å². The average Bonchev–Trinajstić information content (AvgIpc) is 2.67. The van der Waals surface area contributed by atoms with Crippen LogP contribution in [0.4, 0.5) is 0 Å². The van der Waals surface area contributed by atoms with E-state index in [1.165, 1.54) is 21.3 Å². The van der Waals surface area contributed by atoms with Gasteiger partial charge in [-0.1, -0.05) is 13.8 Å². The number of nitrogens with one attached hydrogen (secondary N) is 1. The minimum absolute atomic E-state index is 0.164. The van der Waals surface area contributed by atoms with Crippen LogP contribution in [-0.2, 0) is 4.74 Å². The number of nitrogens with zero attached hydrogens (tertiary/aromatic N) is 1. The highest BCUT2D eigenvalue weighted by Crippen LogP contribution is 2.38. The Labute approximate surface area is 155 Å². The number of methoxy groups -OCH3 is 3. The topological polar surface area (TPSA) is 69.3 Å². The van der Waals surface area contributed by atoms with Gasteiger partial charge in [-0.3, -0.25) is 9.69 Å². The van der Waals surface area contributed by atoms with E-state index in [1.807, 2.05) is 0 Å². The standard InChI is InChI=1S/C19H30N2O5/c1-13(2)15(21-6-8-26-9-7-21)12-20-19(22)14-10-16(23-3)18(25-5)17(11-14)24-4/h10-11,13,15H,6-9,12H2,1-5H3,(H,20,22). The minimum atomic E-state index is -0.164. The molecular weight excluding hydrogens is 336 g/mol. The van der Waals surface area contributed by atoms with Crippen LogP contribution in [0.5, 0.6) is 17.2 Å². The number of amides is 1. The molecule has 1 aromatic carbocycles. The highest BCUT2D eigenvalue weighted by Gasteiger charge is 2.25. The lowest BCUT2D eigenvalue weighted by Crippen LogP contribution is -2.51. The Morgan fingerprint density at radius 3 is 2.15 bits per heavy atom. The van der Waals surface area contributed by atoms with Gasteiger partial charge in [0.25, 0.3) is 5.91 Å². The van der Waals surface area contributed by atoms with Gasteiger partial charge >= 0.3 is 0 Å². The van der Waals surface area contributed by atoms with Gasteiger partial charge in [-0.05, 0) is 18.1 Å². The normalized spacial score (nSPS) is 16.2. The predicted octanol–water partition coefficient (Wildman–Crippen LogP) is 1.80. The fourth-order valence-corrected chi connectivity index (χ4v) is 3.21. The van der Waals surface area contributed by atoms with Gasteiger partial charge in [-0.25, -0.2) is 0 Å². The van der Waals surface area contributed by atoms with E-state index in [1.54, 1.807) is 12.1 Å². The zero-order valence-electron chi connectivity index (χ0n) is 16.3. The number of rotatable bonds is 8. The summed E-state index contributed by atoms with van der Waals surface area (Å²) in [4.78, 5) is 15.1. The third kappa shape index (κ3) is 4.80. The Morgan fingerprint density at radius 1 is 1.12 bits per heavy atom. The quantitative estimate of drug-likeness (QED) is 0.757. The second-order valence-corrected chi connectivity index (χ2v) is 6.58. The molecular formula is C19H30N2O5. The second kappa shape index (κ2) is 9.64. The largest absolute Gasteiger partial charge is 0.493 e. The van der Waals surface area contributed by atoms with Crippen LogP contribution in [0.15, 0.2) is 12.1 Å². The predicted molar refractivity (Wildman–Crippen MR) is 99.4 cm³/mol. The molecule has 2 rings (SSSR count). The summed E-state index contributed by atoms with van der Waals surface area (Å²) in [6, 6.07) is 3.59. The molecule has 0 spiro atoms. The average molecular weight is 366 g/mol. The molecule has 1 aromatic rings. The van der Waals surface area contributed by atoms with Gasteiger partial charge in [0, 0.05) is 31.2 Å². The minimum Gasteiger partial charge on any atom is -0.493 e. The molecule has 0 radical (unpaired) electrons. The molecule has 1 unspecified atom stereocenters. The van der Waals surface area contributed by atoms with Gasteiger partial charge < -0.3 is 24.3 Å². The number of carbonyl (C=O) groups is 1. The molecule has 1 amide bonds. The summed E-state index contributed by atoms with van der Waals surface area (Å²) in [6.07, 6.45) is 0. The molecule has 26 heavy (non-hydrogen) atoms. The Balaban J connectivity index is 2.10. The molecule has 1 aliphatic rings. The van der Waals surface area contributed by atoms with E-state index in [0.29, 0.717) is 35.3 Å². The van der Waals surface area contributed by atoms with Gasteiger partial charge in [-0.15, -0.1) is 0 Å². The van der Waals surface area contributed by atoms with E-state index in [9.17, 15) is 4.79 Å². The van der Waals surface area contributed by atoms with E-state index in [-0.39, 0.29) is 11.9 Å². The number of morpholine rings is 1. The van der Waals surface area contributed by atoms with E-state index < -0.39 is 0 Å². The first kappa shape index (κ1) is 20.3. The summed E-state index contributed by atoms with van der Waals surface area (Å²) in [5.74, 6) is 1.66. The van der Waals surface area contributed by atoms with Gasteiger partial charge in [0.2, 0.25) is 5.75 Å². The maximum Gasteiger partial charge on any atom is 0.251 e. The molecule has 1 heterocycles. The molecule has 1 atom stereocenters. The summed E-state index contributed by atoms with van der Waals surface area (Å²) in [5.41, 5.74) is 0.476. The third-order valence-electron chi connectivity index (χ3n) is 4.68. The number of hydrogen-bond donors (Lipinski definition) is 1. The number of ether oxygens (including phenoxy) is 4. The van der Waals surface area contributed by atoms with Crippen LogP contribution < -0.4 is 19.5 Å². The molecule has 1 fully saturated rings. The summed E-state index contributed by atoms with van der Waals surface area (Å²) >= 11 is 0. The van der Waals surface area contributed by atoms with Crippen LogP contribution in [0, 0.1) is 5.92 Å². The van der Waals surface area contributed by atoms with Crippen molar-refractivity contribution >= 4 is 5.91 Å². The van der Waals surface area contributed by atoms with Crippen molar-refractivity contribution in [3.8, 4) is 17.2 Å². The van der Waals surface area contributed by atoms with E-state index in [4.69, 9.17) is 18.9 Å². The molecule has 0 bridgehead atoms. The van der Waals surface area contributed by atoms with Crippen LogP contribution in [0.25, 0.3) is 0 Å². The maximum atomic E-state index is 12.7. The number of benzene rings is 1. The van der Waals surface area contributed by atoms with Gasteiger partial charge in [0.15, 0.2) is 11.5 Å². The Bertz CT molecular complexity index is 575. The summed E-state index contributed by atoms with van der Waals surface area (Å²) < 4.78 is 21.4. The Morgan fingerprint density at radius 2 is 1.69 bits per heavy atom. The van der Waals surface area contributed by atoms with E-state index in [0.717, 1.165) is 26.3 Å². The zero-order valence-corrected chi connectivity index (χ0v) is 16.3. The molecule has 146 valence electrons. The van der Waals surface area contributed by atoms with Crippen LogP contribution in [0.2, 0.25) is 0 Å². The zero-order chi connectivity index (χ0) is 19.1. The first-order valence-corrected chi connectivity index (χ1v) is 8.91. The summed E-state index contributed by atoms with van der Waals surface area (Å²) in [6.45, 7) is 8.19. The Kier molecular flexibility index (Phi) is 7.53. The highest BCUT2D eigenvalue weighted by molar-refractivity contribution is 5.95. The molecule has 1 saturated heterocycles. The van der Waals surface area contributed by atoms with Crippen LogP contribution in [-0.4, -0.2) is 71.0 Å². The van der Waals surface area contributed by atoms with Crippen molar-refractivity contribution in [2.75, 3.05) is 54.2 Å². The highest BCUT2D eigenvalue weighted by atomic mass is 16.5. The lowest BCUT2D eigenvalue weighted by atomic mass is 10.0. The Hall–Kier alpha value is -1.99. The van der Waals surface area contributed by atoms with Crippen molar-refractivity contribution in [1.82, 2.24) is 10.2 Å². The van der Waals surface area contributed by atoms with Crippen molar-refractivity contribution in [3.05, 3.63) is 17.7 Å². The van der Waals surface area contributed by atoms with E-state index in [2.05, 4.69) is 24.1 Å². The van der Waals surface area contributed by atoms with E-state index >= 15 is 0 Å². The third-order valence-corrected chi connectivity index (χ3v) is 4.68. The lowest BCUT2D eigenvalue weighted by molar-refractivity contribution is 0.00672. The van der Waals surface area contributed by atoms with Crippen LogP contribution >= 0.6 is 0 Å². The number of carbonyl (C=O) groups excluding carboxylic acids is 1. The molecule has 0 aliphatic carbocycles. The smallest absolute Gasteiger partial charge is 0.251 e. The lowest BCUT2D eigenvalue weighted by Gasteiger charge is -2.36. The molecule has 1 aliphatic heterocycles. The molecule has 0 aromatic heterocycles. The first-order chi connectivity index (χ1) is 12.5. The molecule has 7 heteroatoms. The van der Waals surface area contributed by atoms with Gasteiger partial charge in [0.1, 0.15) is 0 Å². The van der Waals surface area contributed by atoms with Gasteiger partial charge in [-0.2, -0.15) is 0 Å².